The Hall–Kier alpha value is -1.31. The predicted molar refractivity (Wildman–Crippen MR) is 84.1 cm³/mol. The van der Waals surface area contributed by atoms with Gasteiger partial charge < -0.3 is 9.84 Å². The number of carbonyl (C=O) groups is 1. The van der Waals surface area contributed by atoms with Crippen LogP contribution in [0.5, 0.6) is 0 Å². The van der Waals surface area contributed by atoms with Crippen molar-refractivity contribution in [3.8, 4) is 0 Å². The number of sulfonamides is 1. The van der Waals surface area contributed by atoms with Gasteiger partial charge in [-0.1, -0.05) is 17.7 Å². The molecule has 1 fully saturated rings. The Morgan fingerprint density at radius 3 is 2.55 bits per heavy atom. The SMILES string of the molecule is COC1(CS(=O)(=O)Nc2c(C)ccc(Cl)c2C(=O)O)CCC1. The zero-order chi connectivity index (χ0) is 16.5. The summed E-state index contributed by atoms with van der Waals surface area (Å²) in [5.74, 6) is -1.49. The molecule has 0 aliphatic heterocycles. The maximum absolute atomic E-state index is 12.4. The maximum Gasteiger partial charge on any atom is 0.339 e. The Kier molecular flexibility index (Phi) is 4.70. The lowest BCUT2D eigenvalue weighted by Gasteiger charge is -2.40. The molecule has 0 radical (unpaired) electrons. The van der Waals surface area contributed by atoms with Gasteiger partial charge >= 0.3 is 5.97 Å². The summed E-state index contributed by atoms with van der Waals surface area (Å²) in [6.07, 6.45) is 2.26. The fraction of sp³-hybridized carbons (Fsp3) is 0.500. The van der Waals surface area contributed by atoms with Crippen LogP contribution in [0.3, 0.4) is 0 Å². The third kappa shape index (κ3) is 3.37. The van der Waals surface area contributed by atoms with Crippen molar-refractivity contribution in [1.29, 1.82) is 0 Å². The molecule has 1 aliphatic rings. The van der Waals surface area contributed by atoms with Gasteiger partial charge in [0.2, 0.25) is 10.0 Å². The highest BCUT2D eigenvalue weighted by molar-refractivity contribution is 7.92. The van der Waals surface area contributed by atoms with E-state index in [2.05, 4.69) is 4.72 Å². The number of halogens is 1. The van der Waals surface area contributed by atoms with Crippen LogP contribution in [0.25, 0.3) is 0 Å². The molecule has 1 aromatic carbocycles. The van der Waals surface area contributed by atoms with E-state index in [9.17, 15) is 18.3 Å². The molecule has 8 heteroatoms. The molecular weight excluding hydrogens is 330 g/mol. The summed E-state index contributed by atoms with van der Waals surface area (Å²) in [6, 6.07) is 3.00. The van der Waals surface area contributed by atoms with Gasteiger partial charge in [-0.25, -0.2) is 13.2 Å². The first-order valence-corrected chi connectivity index (χ1v) is 8.81. The molecule has 2 rings (SSSR count). The number of aromatic carboxylic acids is 1. The van der Waals surface area contributed by atoms with Crippen LogP contribution in [0.15, 0.2) is 12.1 Å². The summed E-state index contributed by atoms with van der Waals surface area (Å²) in [7, 11) is -2.27. The lowest BCUT2D eigenvalue weighted by molar-refractivity contribution is -0.0524. The van der Waals surface area contributed by atoms with E-state index >= 15 is 0 Å². The number of ether oxygens (including phenoxy) is 1. The van der Waals surface area contributed by atoms with Crippen molar-refractivity contribution in [2.24, 2.45) is 0 Å². The summed E-state index contributed by atoms with van der Waals surface area (Å²) in [5.41, 5.74) is -0.428. The van der Waals surface area contributed by atoms with Crippen LogP contribution in [-0.2, 0) is 14.8 Å². The number of hydrogen-bond donors (Lipinski definition) is 2. The van der Waals surface area contributed by atoms with E-state index in [1.165, 1.54) is 13.2 Å². The smallest absolute Gasteiger partial charge is 0.339 e. The molecule has 0 atom stereocenters. The van der Waals surface area contributed by atoms with Gasteiger partial charge in [-0.2, -0.15) is 0 Å². The predicted octanol–water partition coefficient (Wildman–Crippen LogP) is 2.66. The van der Waals surface area contributed by atoms with Crippen LogP contribution >= 0.6 is 11.6 Å². The topological polar surface area (TPSA) is 92.7 Å². The second-order valence-electron chi connectivity index (χ2n) is 5.52. The number of rotatable bonds is 6. The number of hydrogen-bond acceptors (Lipinski definition) is 4. The lowest BCUT2D eigenvalue weighted by atomic mass is 9.82. The Bertz CT molecular complexity index is 692. The molecule has 0 bridgehead atoms. The molecule has 0 amide bonds. The maximum atomic E-state index is 12.4. The first kappa shape index (κ1) is 17.1. The third-order valence-corrected chi connectivity index (χ3v) is 5.72. The van der Waals surface area contributed by atoms with E-state index in [4.69, 9.17) is 16.3 Å². The third-order valence-electron chi connectivity index (χ3n) is 3.99. The number of methoxy groups -OCH3 is 1. The van der Waals surface area contributed by atoms with Crippen LogP contribution in [-0.4, -0.2) is 38.0 Å². The molecule has 122 valence electrons. The summed E-state index contributed by atoms with van der Waals surface area (Å²) >= 11 is 5.88. The number of aryl methyl sites for hydroxylation is 1. The standard InChI is InChI=1S/C14H18ClNO5S/c1-9-4-5-10(15)11(13(17)18)12(9)16-22(19,20)8-14(21-2)6-3-7-14/h4-5,16H,3,6-8H2,1-2H3,(H,17,18). The molecule has 2 N–H and O–H groups in total. The van der Waals surface area contributed by atoms with Gasteiger partial charge in [0.1, 0.15) is 5.56 Å². The average molecular weight is 348 g/mol. The van der Waals surface area contributed by atoms with E-state index < -0.39 is 21.6 Å². The molecule has 1 aliphatic carbocycles. The molecule has 0 saturated heterocycles. The van der Waals surface area contributed by atoms with E-state index in [0.717, 1.165) is 6.42 Å². The molecule has 6 nitrogen and oxygen atoms in total. The number of nitrogens with one attached hydrogen (secondary N) is 1. The Balaban J connectivity index is 2.34. The van der Waals surface area contributed by atoms with Crippen molar-refractivity contribution in [1.82, 2.24) is 0 Å². The summed E-state index contributed by atoms with van der Waals surface area (Å²) < 4.78 is 32.4. The second-order valence-corrected chi connectivity index (χ2v) is 7.65. The van der Waals surface area contributed by atoms with E-state index in [-0.39, 0.29) is 22.0 Å². The Labute approximate surface area is 134 Å². The van der Waals surface area contributed by atoms with Gasteiger partial charge in [-0.3, -0.25) is 4.72 Å². The molecule has 0 heterocycles. The summed E-state index contributed by atoms with van der Waals surface area (Å²) in [6.45, 7) is 1.62. The van der Waals surface area contributed by atoms with Gasteiger partial charge in [-0.05, 0) is 37.8 Å². The minimum atomic E-state index is -3.76. The number of benzene rings is 1. The number of carboxylic acid groups (broad SMARTS) is 1. The van der Waals surface area contributed by atoms with E-state index in [1.807, 2.05) is 0 Å². The molecule has 1 aromatic rings. The van der Waals surface area contributed by atoms with Crippen LogP contribution in [0.1, 0.15) is 35.2 Å². The molecule has 1 saturated carbocycles. The van der Waals surface area contributed by atoms with Crippen LogP contribution < -0.4 is 4.72 Å². The normalized spacial score (nSPS) is 16.9. The average Bonchev–Trinajstić information content (AvgIpc) is 2.37. The molecular formula is C14H18ClNO5S. The molecule has 0 spiro atoms. The van der Waals surface area contributed by atoms with Crippen molar-refractivity contribution in [3.63, 3.8) is 0 Å². The Morgan fingerprint density at radius 1 is 1.45 bits per heavy atom. The fourth-order valence-electron chi connectivity index (χ4n) is 2.54. The van der Waals surface area contributed by atoms with Gasteiger partial charge in [0, 0.05) is 7.11 Å². The zero-order valence-corrected chi connectivity index (χ0v) is 13.9. The first-order valence-electron chi connectivity index (χ1n) is 6.78. The van der Waals surface area contributed by atoms with Crippen molar-refractivity contribution in [2.75, 3.05) is 17.6 Å². The van der Waals surface area contributed by atoms with Crippen LogP contribution in [0.4, 0.5) is 5.69 Å². The summed E-state index contributed by atoms with van der Waals surface area (Å²) in [5, 5.41) is 9.25. The Morgan fingerprint density at radius 2 is 2.09 bits per heavy atom. The van der Waals surface area contributed by atoms with Crippen molar-refractivity contribution in [2.45, 2.75) is 31.8 Å². The molecule has 0 aromatic heterocycles. The van der Waals surface area contributed by atoms with Crippen molar-refractivity contribution in [3.05, 3.63) is 28.3 Å². The highest BCUT2D eigenvalue weighted by Crippen LogP contribution is 2.37. The minimum Gasteiger partial charge on any atom is -0.478 e. The fourth-order valence-corrected chi connectivity index (χ4v) is 4.52. The lowest BCUT2D eigenvalue weighted by Crippen LogP contribution is -2.46. The van der Waals surface area contributed by atoms with Gasteiger partial charge in [0.25, 0.3) is 0 Å². The molecule has 22 heavy (non-hydrogen) atoms. The highest BCUT2D eigenvalue weighted by atomic mass is 35.5. The number of carboxylic acids is 1. The van der Waals surface area contributed by atoms with E-state index in [1.54, 1.807) is 13.0 Å². The first-order chi connectivity index (χ1) is 10.2. The van der Waals surface area contributed by atoms with Crippen LogP contribution in [0.2, 0.25) is 5.02 Å². The molecule has 0 unspecified atom stereocenters. The van der Waals surface area contributed by atoms with Crippen molar-refractivity contribution < 1.29 is 23.1 Å². The van der Waals surface area contributed by atoms with Gasteiger partial charge in [0.15, 0.2) is 0 Å². The van der Waals surface area contributed by atoms with Gasteiger partial charge in [0.05, 0.1) is 22.1 Å². The van der Waals surface area contributed by atoms with Crippen molar-refractivity contribution >= 4 is 33.3 Å². The minimum absolute atomic E-state index is 0.00516. The quantitative estimate of drug-likeness (QED) is 0.825. The number of anilines is 1. The zero-order valence-electron chi connectivity index (χ0n) is 12.3. The highest BCUT2D eigenvalue weighted by Gasteiger charge is 2.41. The largest absolute Gasteiger partial charge is 0.478 e. The van der Waals surface area contributed by atoms with Gasteiger partial charge in [-0.15, -0.1) is 0 Å². The second kappa shape index (κ2) is 6.06. The van der Waals surface area contributed by atoms with Crippen LogP contribution in [0, 0.1) is 6.92 Å². The summed E-state index contributed by atoms with van der Waals surface area (Å²) in [4.78, 5) is 11.3. The van der Waals surface area contributed by atoms with E-state index in [0.29, 0.717) is 18.4 Å². The monoisotopic (exact) mass is 347 g/mol.